The molecule has 5 unspecified atom stereocenters. The van der Waals surface area contributed by atoms with Crippen LogP contribution in [0.5, 0.6) is 0 Å². The minimum Gasteiger partial charge on any atom is -0.378 e. The minimum atomic E-state index is -1.42. The number of carbonyl (C=O) groups excluding carboxylic acids is 1. The Kier molecular flexibility index (Phi) is 9.63. The van der Waals surface area contributed by atoms with Crippen LogP contribution in [0.4, 0.5) is 8.78 Å². The zero-order valence-corrected chi connectivity index (χ0v) is 22.4. The van der Waals surface area contributed by atoms with Crippen LogP contribution in [0.3, 0.4) is 0 Å². The van der Waals surface area contributed by atoms with Gasteiger partial charge in [0, 0.05) is 50.0 Å². The molecule has 0 bridgehead atoms. The lowest BCUT2D eigenvalue weighted by molar-refractivity contribution is -0.131. The molecule has 1 aliphatic carbocycles. The highest BCUT2D eigenvalue weighted by atomic mass is 127. The Morgan fingerprint density at radius 3 is 2.85 bits per heavy atom. The molecule has 6 nitrogen and oxygen atoms in total. The molecule has 3 aliphatic heterocycles. The standard InChI is InChI=1S/C25H39F2IN4O2/c1-17-5-4-11-28-25(17)32-23(34)15-21(24-19(26)6-2-3-7-20(24)27)31(22(33)10-14-30-32)16-18-8-12-29-13-9-18/h12,17-19,21-22,30,33H,2-11,13-16H2,1H3. The Labute approximate surface area is 212 Å². The number of aliphatic hydroxyl groups excluding tert-OH is 1. The van der Waals surface area contributed by atoms with Gasteiger partial charge in [0.15, 0.2) is 0 Å². The molecule has 2 N–H and O–H groups in total. The molecule has 4 aliphatic rings. The zero-order chi connectivity index (χ0) is 24.1. The van der Waals surface area contributed by atoms with E-state index in [-0.39, 0.29) is 57.4 Å². The van der Waals surface area contributed by atoms with E-state index < -0.39 is 24.3 Å². The molecule has 0 aromatic carbocycles. The number of aliphatic imine (C=N–C) groups is 1. The summed E-state index contributed by atoms with van der Waals surface area (Å²) in [5, 5.41) is 13.0. The maximum atomic E-state index is 15.4. The van der Waals surface area contributed by atoms with Crippen LogP contribution in [0.25, 0.3) is 0 Å². The molecule has 3 heterocycles. The van der Waals surface area contributed by atoms with Crippen molar-refractivity contribution < 1.29 is 18.7 Å². The molecule has 1 amide bonds. The molecule has 1 saturated heterocycles. The summed E-state index contributed by atoms with van der Waals surface area (Å²) >= 11 is -0.255. The second-order valence-corrected chi connectivity index (χ2v) is 13.0. The molecule has 192 valence electrons. The van der Waals surface area contributed by atoms with E-state index in [2.05, 4.69) is 17.3 Å². The maximum Gasteiger partial charge on any atom is 0.243 e. The van der Waals surface area contributed by atoms with Gasteiger partial charge in [-0.05, 0) is 67.9 Å². The molecule has 4 rings (SSSR count). The Bertz CT molecular complexity index is 821. The highest BCUT2D eigenvalue weighted by Gasteiger charge is 2.40. The molecule has 9 heteroatoms. The van der Waals surface area contributed by atoms with Crippen molar-refractivity contribution in [3.05, 3.63) is 11.4 Å². The number of nitrogens with one attached hydrogen (secondary N) is 1. The second kappa shape index (κ2) is 12.5. The van der Waals surface area contributed by atoms with Crippen molar-refractivity contribution in [2.45, 2.75) is 89.6 Å². The number of alkyl halides is 2. The van der Waals surface area contributed by atoms with E-state index >= 15 is 8.78 Å². The lowest BCUT2D eigenvalue weighted by atomic mass is 9.91. The van der Waals surface area contributed by atoms with E-state index in [0.717, 1.165) is 30.2 Å². The van der Waals surface area contributed by atoms with E-state index in [0.29, 0.717) is 38.3 Å². The van der Waals surface area contributed by atoms with E-state index in [4.69, 9.17) is 0 Å². The van der Waals surface area contributed by atoms with Gasteiger partial charge in [-0.25, -0.2) is 19.2 Å². The smallest absolute Gasteiger partial charge is 0.243 e. The summed E-state index contributed by atoms with van der Waals surface area (Å²) in [4.78, 5) is 19.9. The molecule has 5 atom stereocenters. The van der Waals surface area contributed by atoms with E-state index in [1.807, 2.05) is 11.1 Å². The summed E-state index contributed by atoms with van der Waals surface area (Å²) in [6.45, 7) is 3.86. The van der Waals surface area contributed by atoms with Gasteiger partial charge in [-0.1, -0.05) is 27.7 Å². The van der Waals surface area contributed by atoms with Gasteiger partial charge in [0.25, 0.3) is 0 Å². The van der Waals surface area contributed by atoms with Crippen molar-refractivity contribution in [2.75, 3.05) is 24.1 Å². The number of rotatable bonds is 4. The number of allylic oxidation sites excluding steroid dienone is 1. The molecule has 0 radical (unpaired) electrons. The maximum absolute atomic E-state index is 15.4. The average Bonchev–Trinajstić information content (AvgIpc) is 2.96. The van der Waals surface area contributed by atoms with Crippen LogP contribution in [0.2, 0.25) is 0 Å². The summed E-state index contributed by atoms with van der Waals surface area (Å²) < 4.78 is 33.1. The van der Waals surface area contributed by atoms with E-state index in [1.54, 1.807) is 5.01 Å². The molecule has 0 saturated carbocycles. The monoisotopic (exact) mass is 592 g/mol. The second-order valence-electron chi connectivity index (χ2n) is 10.1. The predicted octanol–water partition coefficient (Wildman–Crippen LogP) is 4.25. The summed E-state index contributed by atoms with van der Waals surface area (Å²) in [6, 6.07) is -0.769. The number of carbonyl (C=O) groups is 1. The fraction of sp³-hybridized carbons (Fsp3) is 0.800. The van der Waals surface area contributed by atoms with Gasteiger partial charge >= 0.3 is 0 Å². The summed E-state index contributed by atoms with van der Waals surface area (Å²) in [5.41, 5.74) is 3.39. The lowest BCUT2D eigenvalue weighted by Crippen LogP contribution is -2.51. The van der Waals surface area contributed by atoms with Crippen LogP contribution in [0.1, 0.15) is 71.1 Å². The summed E-state index contributed by atoms with van der Waals surface area (Å²) in [7, 11) is 0. The molecule has 1 fully saturated rings. The first kappa shape index (κ1) is 26.3. The first-order valence-corrected chi connectivity index (χ1v) is 15.5. The first-order valence-electron chi connectivity index (χ1n) is 12.9. The van der Waals surface area contributed by atoms with Gasteiger partial charge in [0.2, 0.25) is 5.91 Å². The van der Waals surface area contributed by atoms with Crippen molar-refractivity contribution in [3.63, 3.8) is 0 Å². The number of aliphatic hydroxyl groups is 1. The average molecular weight is 593 g/mol. The van der Waals surface area contributed by atoms with Crippen LogP contribution >= 0.6 is 20.7 Å². The van der Waals surface area contributed by atoms with Gasteiger partial charge in [0.05, 0.1) is 3.63 Å². The highest BCUT2D eigenvalue weighted by Crippen LogP contribution is 2.35. The van der Waals surface area contributed by atoms with Crippen molar-refractivity contribution in [2.24, 2.45) is 16.8 Å². The minimum absolute atomic E-state index is 0.0198. The molecular weight excluding hydrogens is 553 g/mol. The molecular formula is C25H39F2IN4O2. The number of hydrogen-bond donors (Lipinski definition) is 2. The Balaban J connectivity index is 1.69. The predicted molar refractivity (Wildman–Crippen MR) is 140 cm³/mol. The molecule has 0 aromatic rings. The summed E-state index contributed by atoms with van der Waals surface area (Å²) in [5.74, 6) is 0.0350. The third-order valence-electron chi connectivity index (χ3n) is 7.51. The van der Waals surface area contributed by atoms with Crippen molar-refractivity contribution in [1.82, 2.24) is 15.3 Å². The summed E-state index contributed by atoms with van der Waals surface area (Å²) in [6.07, 6.45) is 5.66. The molecule has 0 spiro atoms. The first-order chi connectivity index (χ1) is 16.5. The Morgan fingerprint density at radius 1 is 1.24 bits per heavy atom. The highest BCUT2D eigenvalue weighted by molar-refractivity contribution is 14.2. The van der Waals surface area contributed by atoms with Crippen molar-refractivity contribution in [3.8, 4) is 0 Å². The number of nitrogens with zero attached hydrogens (tertiary/aromatic N) is 3. The van der Waals surface area contributed by atoms with Crippen molar-refractivity contribution in [1.29, 1.82) is 0 Å². The number of amides is 1. The van der Waals surface area contributed by atoms with Gasteiger partial charge in [-0.3, -0.25) is 14.7 Å². The third-order valence-corrected chi connectivity index (χ3v) is 11.1. The van der Waals surface area contributed by atoms with E-state index in [1.165, 1.54) is 10.1 Å². The zero-order valence-electron chi connectivity index (χ0n) is 20.2. The SMILES string of the molecule is CC1CCCI=C1N1NCCC(O)N(CC2CC=NCC2)C(C2=C(F)CCCCC2F)CC1=O. The van der Waals surface area contributed by atoms with Crippen LogP contribution in [0.15, 0.2) is 16.4 Å². The van der Waals surface area contributed by atoms with E-state index in [9.17, 15) is 9.90 Å². The van der Waals surface area contributed by atoms with Crippen LogP contribution < -0.4 is 5.43 Å². The normalized spacial score (nSPS) is 35.1. The fourth-order valence-electron chi connectivity index (χ4n) is 5.57. The lowest BCUT2D eigenvalue weighted by Gasteiger charge is -2.39. The quantitative estimate of drug-likeness (QED) is 0.379. The van der Waals surface area contributed by atoms with Gasteiger partial charge in [-0.15, -0.1) is 0 Å². The molecule has 34 heavy (non-hydrogen) atoms. The van der Waals surface area contributed by atoms with Crippen LogP contribution in [-0.4, -0.2) is 73.3 Å². The number of hydrazine groups is 1. The van der Waals surface area contributed by atoms with Gasteiger partial charge < -0.3 is 5.11 Å². The Hall–Kier alpha value is -0.780. The molecule has 0 aromatic heterocycles. The van der Waals surface area contributed by atoms with Gasteiger partial charge in [-0.2, -0.15) is 0 Å². The van der Waals surface area contributed by atoms with Crippen molar-refractivity contribution >= 4 is 36.5 Å². The van der Waals surface area contributed by atoms with Crippen LogP contribution in [-0.2, 0) is 4.79 Å². The topological polar surface area (TPSA) is 68.2 Å². The largest absolute Gasteiger partial charge is 0.378 e. The van der Waals surface area contributed by atoms with Crippen LogP contribution in [0, 0.1) is 11.8 Å². The number of hydrogen-bond acceptors (Lipinski definition) is 5. The van der Waals surface area contributed by atoms with Gasteiger partial charge in [0.1, 0.15) is 18.2 Å². The third kappa shape index (κ3) is 6.31. The fourth-order valence-corrected chi connectivity index (χ4v) is 8.79. The number of halogens is 3. The Morgan fingerprint density at radius 2 is 2.09 bits per heavy atom.